The van der Waals surface area contributed by atoms with Gasteiger partial charge in [-0.3, -0.25) is 4.79 Å². The Morgan fingerprint density at radius 2 is 1.64 bits per heavy atom. The van der Waals surface area contributed by atoms with Crippen molar-refractivity contribution in [2.24, 2.45) is 5.41 Å². The fraction of sp³-hybridized carbons (Fsp3) is 0.952. The highest BCUT2D eigenvalue weighted by atomic mass is 16.7. The number of aliphatic hydroxyl groups is 7. The molecule has 1 amide bonds. The van der Waals surface area contributed by atoms with Crippen molar-refractivity contribution in [2.45, 2.75) is 93.3 Å². The van der Waals surface area contributed by atoms with E-state index in [9.17, 15) is 40.5 Å². The molecule has 9 unspecified atom stereocenters. The van der Waals surface area contributed by atoms with E-state index in [0.29, 0.717) is 13.0 Å². The van der Waals surface area contributed by atoms with Crippen LogP contribution in [0, 0.1) is 5.41 Å². The normalized spacial score (nSPS) is 45.8. The number of hydrogen-bond donors (Lipinski definition) is 7. The van der Waals surface area contributed by atoms with Crippen LogP contribution < -0.4 is 0 Å². The van der Waals surface area contributed by atoms with Crippen LogP contribution in [-0.2, 0) is 19.0 Å². The largest absolute Gasteiger partial charge is 0.394 e. The molecule has 0 aromatic heterocycles. The molecule has 3 heterocycles. The molecule has 0 bridgehead atoms. The van der Waals surface area contributed by atoms with Crippen molar-refractivity contribution in [2.75, 3.05) is 26.3 Å². The van der Waals surface area contributed by atoms with E-state index in [1.54, 1.807) is 0 Å². The van der Waals surface area contributed by atoms with Gasteiger partial charge in [0.05, 0.1) is 19.8 Å². The molecule has 3 saturated heterocycles. The predicted molar refractivity (Wildman–Crippen MR) is 108 cm³/mol. The summed E-state index contributed by atoms with van der Waals surface area (Å²) in [6.07, 6.45) is -6.68. The van der Waals surface area contributed by atoms with Crippen molar-refractivity contribution < 1.29 is 54.8 Å². The van der Waals surface area contributed by atoms with E-state index in [4.69, 9.17) is 14.2 Å². The van der Waals surface area contributed by atoms with Crippen molar-refractivity contribution in [1.29, 1.82) is 0 Å². The van der Waals surface area contributed by atoms with Crippen LogP contribution in [0.5, 0.6) is 0 Å². The summed E-state index contributed by atoms with van der Waals surface area (Å²) in [5.74, 6) is -2.37. The smallest absolute Gasteiger partial charge is 0.223 e. The zero-order chi connectivity index (χ0) is 24.0. The predicted octanol–water partition coefficient (Wildman–Crippen LogP) is -3.21. The van der Waals surface area contributed by atoms with Crippen LogP contribution in [0.2, 0.25) is 0 Å². The summed E-state index contributed by atoms with van der Waals surface area (Å²) in [6.45, 7) is -1.19. The number of hydrogen-bond acceptors (Lipinski definition) is 11. The summed E-state index contributed by atoms with van der Waals surface area (Å²) in [6, 6.07) is 0. The van der Waals surface area contributed by atoms with Gasteiger partial charge in [-0.1, -0.05) is 19.3 Å². The number of likely N-dealkylation sites (tertiary alicyclic amines) is 1. The number of ether oxygens (including phenoxy) is 3. The van der Waals surface area contributed by atoms with Crippen molar-refractivity contribution in [3.8, 4) is 0 Å². The number of aliphatic hydroxyl groups excluding tert-OH is 6. The monoisotopic (exact) mass is 477 g/mol. The molecule has 1 saturated carbocycles. The molecule has 7 N–H and O–H groups in total. The zero-order valence-electron chi connectivity index (χ0n) is 18.4. The van der Waals surface area contributed by atoms with Crippen LogP contribution in [0.25, 0.3) is 0 Å². The van der Waals surface area contributed by atoms with E-state index in [1.165, 1.54) is 4.90 Å². The molecule has 0 radical (unpaired) electrons. The first-order valence-corrected chi connectivity index (χ1v) is 11.6. The molecule has 0 aromatic rings. The van der Waals surface area contributed by atoms with Gasteiger partial charge >= 0.3 is 0 Å². The number of carbonyl (C=O) groups is 1. The second kappa shape index (κ2) is 9.61. The van der Waals surface area contributed by atoms with E-state index >= 15 is 0 Å². The lowest BCUT2D eigenvalue weighted by atomic mass is 9.73. The fourth-order valence-electron chi connectivity index (χ4n) is 5.66. The Kier molecular flexibility index (Phi) is 7.33. The lowest BCUT2D eigenvalue weighted by Crippen LogP contribution is -2.61. The zero-order valence-corrected chi connectivity index (χ0v) is 18.4. The molecule has 3 aliphatic heterocycles. The van der Waals surface area contributed by atoms with Gasteiger partial charge in [0.15, 0.2) is 6.29 Å². The molecular weight excluding hydrogens is 442 g/mol. The highest BCUT2D eigenvalue weighted by Crippen LogP contribution is 2.45. The Hall–Kier alpha value is -0.930. The molecule has 9 atom stereocenters. The SMILES string of the molecule is O=C1CC2(CCCCC2)CN1CC1(O)OC(CO)C(OC2OC(CO)C(O)C(O)C2O)C1O. The first-order valence-electron chi connectivity index (χ1n) is 11.6. The fourth-order valence-corrected chi connectivity index (χ4v) is 5.66. The van der Waals surface area contributed by atoms with Crippen LogP contribution in [0.1, 0.15) is 38.5 Å². The highest BCUT2D eigenvalue weighted by Gasteiger charge is 2.58. The Morgan fingerprint density at radius 3 is 2.27 bits per heavy atom. The minimum Gasteiger partial charge on any atom is -0.394 e. The molecule has 4 rings (SSSR count). The highest BCUT2D eigenvalue weighted by molar-refractivity contribution is 5.79. The molecule has 1 spiro atoms. The van der Waals surface area contributed by atoms with Crippen molar-refractivity contribution in [1.82, 2.24) is 4.90 Å². The maximum Gasteiger partial charge on any atom is 0.223 e. The molecule has 0 aromatic carbocycles. The second-order valence-corrected chi connectivity index (χ2v) is 9.91. The summed E-state index contributed by atoms with van der Waals surface area (Å²) < 4.78 is 16.4. The van der Waals surface area contributed by atoms with Crippen LogP contribution in [-0.4, -0.2) is 128 Å². The number of nitrogens with zero attached hydrogens (tertiary/aromatic N) is 1. The molecule has 33 heavy (non-hydrogen) atoms. The van der Waals surface area contributed by atoms with Crippen molar-refractivity contribution >= 4 is 5.91 Å². The number of amides is 1. The maximum absolute atomic E-state index is 12.7. The van der Waals surface area contributed by atoms with E-state index in [1.807, 2.05) is 0 Å². The van der Waals surface area contributed by atoms with Gasteiger partial charge in [-0.25, -0.2) is 0 Å². The number of β-amino-alcohol motifs (C(OH)–C–C–N with tert-alkyl or cyclic N) is 1. The van der Waals surface area contributed by atoms with Gasteiger partial charge in [0, 0.05) is 13.0 Å². The van der Waals surface area contributed by atoms with E-state index in [2.05, 4.69) is 0 Å². The van der Waals surface area contributed by atoms with Gasteiger partial charge < -0.3 is 54.9 Å². The van der Waals surface area contributed by atoms with E-state index < -0.39 is 68.0 Å². The number of carbonyl (C=O) groups excluding carboxylic acids is 1. The molecule has 12 heteroatoms. The molecule has 190 valence electrons. The first-order chi connectivity index (χ1) is 15.6. The Morgan fingerprint density at radius 1 is 0.970 bits per heavy atom. The molecule has 4 fully saturated rings. The van der Waals surface area contributed by atoms with Crippen molar-refractivity contribution in [3.63, 3.8) is 0 Å². The van der Waals surface area contributed by atoms with Crippen LogP contribution in [0.3, 0.4) is 0 Å². The van der Waals surface area contributed by atoms with Gasteiger partial charge in [-0.2, -0.15) is 0 Å². The summed E-state index contributed by atoms with van der Waals surface area (Å²) in [4.78, 5) is 14.2. The van der Waals surface area contributed by atoms with Gasteiger partial charge in [0.1, 0.15) is 42.7 Å². The molecular formula is C21H35NO11. The third kappa shape index (κ3) is 4.66. The maximum atomic E-state index is 12.7. The average Bonchev–Trinajstić information content (AvgIpc) is 3.21. The summed E-state index contributed by atoms with van der Waals surface area (Å²) in [7, 11) is 0. The summed E-state index contributed by atoms with van der Waals surface area (Å²) >= 11 is 0. The lowest BCUT2D eigenvalue weighted by Gasteiger charge is -2.41. The Balaban J connectivity index is 1.45. The minimum absolute atomic E-state index is 0.127. The van der Waals surface area contributed by atoms with Crippen molar-refractivity contribution in [3.05, 3.63) is 0 Å². The quantitative estimate of drug-likeness (QED) is 0.204. The minimum atomic E-state index is -2.23. The van der Waals surface area contributed by atoms with Gasteiger partial charge in [-0.05, 0) is 18.3 Å². The van der Waals surface area contributed by atoms with E-state index in [-0.39, 0.29) is 17.9 Å². The van der Waals surface area contributed by atoms with Crippen LogP contribution in [0.15, 0.2) is 0 Å². The average molecular weight is 478 g/mol. The number of rotatable bonds is 6. The topological polar surface area (TPSA) is 190 Å². The summed E-state index contributed by atoms with van der Waals surface area (Å²) in [5, 5.41) is 71.2. The first kappa shape index (κ1) is 25.2. The van der Waals surface area contributed by atoms with Crippen LogP contribution in [0.4, 0.5) is 0 Å². The lowest BCUT2D eigenvalue weighted by molar-refractivity contribution is -0.318. The summed E-state index contributed by atoms with van der Waals surface area (Å²) in [5.41, 5.74) is -0.127. The van der Waals surface area contributed by atoms with Gasteiger partial charge in [0.25, 0.3) is 0 Å². The second-order valence-electron chi connectivity index (χ2n) is 9.91. The Labute approximate surface area is 191 Å². The third-order valence-corrected chi connectivity index (χ3v) is 7.55. The molecule has 12 nitrogen and oxygen atoms in total. The van der Waals surface area contributed by atoms with Crippen LogP contribution >= 0.6 is 0 Å². The van der Waals surface area contributed by atoms with Gasteiger partial charge in [-0.15, -0.1) is 0 Å². The van der Waals surface area contributed by atoms with Gasteiger partial charge in [0.2, 0.25) is 11.7 Å². The van der Waals surface area contributed by atoms with E-state index in [0.717, 1.165) is 32.1 Å². The molecule has 4 aliphatic rings. The Bertz CT molecular complexity index is 702. The molecule has 1 aliphatic carbocycles. The standard InChI is InChI=1S/C21H35NO11/c23-7-11-14(26)15(27)16(28)19(31-11)32-17-12(8-24)33-21(30,18(17)29)10-22-9-20(6-13(22)25)4-2-1-3-5-20/h11-12,14-19,23-24,26-30H,1-10H2. The third-order valence-electron chi connectivity index (χ3n) is 7.55.